The highest BCUT2D eigenvalue weighted by molar-refractivity contribution is 6.30. The van der Waals surface area contributed by atoms with Gasteiger partial charge in [0.1, 0.15) is 6.07 Å². The van der Waals surface area contributed by atoms with Crippen LogP contribution in [-0.2, 0) is 0 Å². The first-order chi connectivity index (χ1) is 9.65. The molecule has 21 heavy (non-hydrogen) atoms. The van der Waals surface area contributed by atoms with Gasteiger partial charge in [0, 0.05) is 29.4 Å². The monoisotopic (exact) mass is 321 g/mol. The van der Waals surface area contributed by atoms with Crippen LogP contribution >= 0.6 is 24.0 Å². The smallest absolute Gasteiger partial charge is 0.101 e. The largest absolute Gasteiger partial charge is 0.330 e. The van der Waals surface area contributed by atoms with E-state index in [-0.39, 0.29) is 24.2 Å². The van der Waals surface area contributed by atoms with E-state index in [1.807, 2.05) is 30.3 Å². The Labute approximate surface area is 136 Å². The molecule has 0 fully saturated rings. The lowest BCUT2D eigenvalue weighted by atomic mass is 9.85. The van der Waals surface area contributed by atoms with E-state index in [4.69, 9.17) is 22.6 Å². The number of hydrogen-bond acceptors (Lipinski definition) is 3. The van der Waals surface area contributed by atoms with Gasteiger partial charge in [-0.05, 0) is 35.7 Å². The van der Waals surface area contributed by atoms with Crippen molar-refractivity contribution < 1.29 is 0 Å². The molecule has 1 aromatic heterocycles. The van der Waals surface area contributed by atoms with E-state index in [0.29, 0.717) is 12.1 Å². The van der Waals surface area contributed by atoms with Gasteiger partial charge in [0.05, 0.1) is 5.56 Å². The molecule has 1 heterocycles. The molecule has 0 aliphatic heterocycles. The summed E-state index contributed by atoms with van der Waals surface area (Å²) in [6.07, 6.45) is 1.59. The second-order valence-corrected chi connectivity index (χ2v) is 5.20. The molecule has 5 heteroatoms. The SMILES string of the molecule is CC(c1ccc(Cl)cc1)C(CN)c1ccc(C#N)cn1.Cl. The topological polar surface area (TPSA) is 62.7 Å². The molecule has 110 valence electrons. The molecule has 0 amide bonds. The van der Waals surface area contributed by atoms with Gasteiger partial charge in [-0.2, -0.15) is 5.26 Å². The van der Waals surface area contributed by atoms with Gasteiger partial charge in [0.25, 0.3) is 0 Å². The molecular formula is C16H17Cl2N3. The number of halogens is 2. The molecule has 0 aliphatic carbocycles. The van der Waals surface area contributed by atoms with Crippen molar-refractivity contribution in [2.45, 2.75) is 18.8 Å². The number of aromatic nitrogens is 1. The van der Waals surface area contributed by atoms with Crippen LogP contribution in [0.3, 0.4) is 0 Å². The van der Waals surface area contributed by atoms with Crippen LogP contribution in [0.15, 0.2) is 42.6 Å². The maximum atomic E-state index is 8.81. The van der Waals surface area contributed by atoms with E-state index in [2.05, 4.69) is 18.0 Å². The van der Waals surface area contributed by atoms with Crippen LogP contribution in [0.4, 0.5) is 0 Å². The maximum Gasteiger partial charge on any atom is 0.101 e. The average molecular weight is 322 g/mol. The number of benzene rings is 1. The number of nitriles is 1. The molecule has 2 atom stereocenters. The van der Waals surface area contributed by atoms with Gasteiger partial charge in [0.15, 0.2) is 0 Å². The third-order valence-corrected chi connectivity index (χ3v) is 3.80. The Morgan fingerprint density at radius 2 is 1.90 bits per heavy atom. The normalized spacial score (nSPS) is 12.9. The number of pyridine rings is 1. The molecule has 2 rings (SSSR count). The fourth-order valence-corrected chi connectivity index (χ4v) is 2.40. The van der Waals surface area contributed by atoms with Crippen LogP contribution in [-0.4, -0.2) is 11.5 Å². The van der Waals surface area contributed by atoms with Crippen LogP contribution in [0.25, 0.3) is 0 Å². The molecule has 3 nitrogen and oxygen atoms in total. The highest BCUT2D eigenvalue weighted by Gasteiger charge is 2.20. The molecule has 0 bridgehead atoms. The Hall–Kier alpha value is -1.60. The first-order valence-corrected chi connectivity index (χ1v) is 6.85. The van der Waals surface area contributed by atoms with E-state index < -0.39 is 0 Å². The third kappa shape index (κ3) is 4.18. The molecular weight excluding hydrogens is 305 g/mol. The number of rotatable bonds is 4. The lowest BCUT2D eigenvalue weighted by molar-refractivity contribution is 0.570. The second kappa shape index (κ2) is 7.99. The van der Waals surface area contributed by atoms with Gasteiger partial charge >= 0.3 is 0 Å². The van der Waals surface area contributed by atoms with Crippen LogP contribution in [0.5, 0.6) is 0 Å². The summed E-state index contributed by atoms with van der Waals surface area (Å²) in [6, 6.07) is 13.5. The Morgan fingerprint density at radius 3 is 2.38 bits per heavy atom. The van der Waals surface area contributed by atoms with Gasteiger partial charge < -0.3 is 5.73 Å². The van der Waals surface area contributed by atoms with Crippen LogP contribution in [0.1, 0.15) is 35.6 Å². The minimum atomic E-state index is 0. The van der Waals surface area contributed by atoms with E-state index in [9.17, 15) is 0 Å². The quantitative estimate of drug-likeness (QED) is 0.929. The second-order valence-electron chi connectivity index (χ2n) is 4.77. The molecule has 2 aromatic rings. The zero-order valence-corrected chi connectivity index (χ0v) is 13.2. The van der Waals surface area contributed by atoms with Crippen molar-refractivity contribution >= 4 is 24.0 Å². The Kier molecular flexibility index (Phi) is 6.64. The lowest BCUT2D eigenvalue weighted by Gasteiger charge is -2.22. The summed E-state index contributed by atoms with van der Waals surface area (Å²) in [4.78, 5) is 4.36. The summed E-state index contributed by atoms with van der Waals surface area (Å²) >= 11 is 5.91. The van der Waals surface area contributed by atoms with Crippen molar-refractivity contribution in [2.75, 3.05) is 6.54 Å². The van der Waals surface area contributed by atoms with Crippen LogP contribution < -0.4 is 5.73 Å². The van der Waals surface area contributed by atoms with Gasteiger partial charge in [0.2, 0.25) is 0 Å². The van der Waals surface area contributed by atoms with Gasteiger partial charge in [-0.15, -0.1) is 12.4 Å². The average Bonchev–Trinajstić information content (AvgIpc) is 2.49. The Balaban J connectivity index is 0.00000220. The highest BCUT2D eigenvalue weighted by Crippen LogP contribution is 2.31. The minimum absolute atomic E-state index is 0. The van der Waals surface area contributed by atoms with Gasteiger partial charge in [-0.25, -0.2) is 0 Å². The summed E-state index contributed by atoms with van der Waals surface area (Å²) in [5.74, 6) is 0.349. The van der Waals surface area contributed by atoms with Crippen molar-refractivity contribution in [1.29, 1.82) is 5.26 Å². The zero-order chi connectivity index (χ0) is 14.5. The highest BCUT2D eigenvalue weighted by atomic mass is 35.5. The van der Waals surface area contributed by atoms with Gasteiger partial charge in [-0.1, -0.05) is 30.7 Å². The molecule has 0 saturated carbocycles. The van der Waals surface area contributed by atoms with E-state index in [0.717, 1.165) is 10.7 Å². The number of hydrogen-bond donors (Lipinski definition) is 1. The number of nitrogens with two attached hydrogens (primary N) is 1. The molecule has 0 spiro atoms. The third-order valence-electron chi connectivity index (χ3n) is 3.55. The molecule has 2 unspecified atom stereocenters. The van der Waals surface area contributed by atoms with Gasteiger partial charge in [-0.3, -0.25) is 4.98 Å². The maximum absolute atomic E-state index is 8.81. The fraction of sp³-hybridized carbons (Fsp3) is 0.250. The van der Waals surface area contributed by atoms with Crippen molar-refractivity contribution in [2.24, 2.45) is 5.73 Å². The molecule has 2 N–H and O–H groups in total. The van der Waals surface area contributed by atoms with E-state index in [1.165, 1.54) is 5.56 Å². The predicted molar refractivity (Wildman–Crippen MR) is 87.9 cm³/mol. The molecule has 0 saturated heterocycles. The van der Waals surface area contributed by atoms with Crippen LogP contribution in [0, 0.1) is 11.3 Å². The van der Waals surface area contributed by atoms with E-state index in [1.54, 1.807) is 12.3 Å². The van der Waals surface area contributed by atoms with Crippen molar-refractivity contribution in [3.8, 4) is 6.07 Å². The fourth-order valence-electron chi connectivity index (χ4n) is 2.27. The number of nitrogens with zero attached hydrogens (tertiary/aromatic N) is 2. The predicted octanol–water partition coefficient (Wildman–Crippen LogP) is 3.87. The summed E-state index contributed by atoms with van der Waals surface area (Å²) < 4.78 is 0. The molecule has 1 aromatic carbocycles. The summed E-state index contributed by atoms with van der Waals surface area (Å²) in [7, 11) is 0. The Morgan fingerprint density at radius 1 is 1.24 bits per heavy atom. The summed E-state index contributed by atoms with van der Waals surface area (Å²) in [5.41, 5.74) is 8.56. The van der Waals surface area contributed by atoms with Crippen LogP contribution in [0.2, 0.25) is 5.02 Å². The standard InChI is InChI=1S/C16H16ClN3.ClH/c1-11(13-3-5-14(17)6-4-13)15(9-19)16-7-2-12(8-18)10-20-16;/h2-7,10-11,15H,9,19H2,1H3;1H. The van der Waals surface area contributed by atoms with Crippen molar-refractivity contribution in [1.82, 2.24) is 4.98 Å². The zero-order valence-electron chi connectivity index (χ0n) is 11.7. The first-order valence-electron chi connectivity index (χ1n) is 6.47. The first kappa shape index (κ1) is 17.5. The minimum Gasteiger partial charge on any atom is -0.330 e. The molecule has 0 aliphatic rings. The van der Waals surface area contributed by atoms with Crippen molar-refractivity contribution in [3.63, 3.8) is 0 Å². The lowest BCUT2D eigenvalue weighted by Crippen LogP contribution is -2.19. The molecule has 0 radical (unpaired) electrons. The summed E-state index contributed by atoms with van der Waals surface area (Å²) in [6.45, 7) is 2.63. The summed E-state index contributed by atoms with van der Waals surface area (Å²) in [5, 5.41) is 9.53. The Bertz CT molecular complexity index is 603. The van der Waals surface area contributed by atoms with Crippen molar-refractivity contribution in [3.05, 3.63) is 64.4 Å². The van der Waals surface area contributed by atoms with E-state index >= 15 is 0 Å².